The first-order valence-corrected chi connectivity index (χ1v) is 7.66. The molecule has 4 N–H and O–H groups in total. The van der Waals surface area contributed by atoms with Gasteiger partial charge in [0.2, 0.25) is 0 Å². The predicted octanol–water partition coefficient (Wildman–Crippen LogP) is 0.540. The third kappa shape index (κ3) is 5.61. The van der Waals surface area contributed by atoms with Gasteiger partial charge >= 0.3 is 16.3 Å². The van der Waals surface area contributed by atoms with Crippen LogP contribution in [0.15, 0.2) is 18.2 Å². The van der Waals surface area contributed by atoms with Crippen molar-refractivity contribution in [1.29, 1.82) is 0 Å². The van der Waals surface area contributed by atoms with Gasteiger partial charge in [0, 0.05) is 17.7 Å². The van der Waals surface area contributed by atoms with E-state index in [0.717, 1.165) is 6.07 Å². The third-order valence-corrected chi connectivity index (χ3v) is 3.48. The van der Waals surface area contributed by atoms with E-state index >= 15 is 0 Å². The molecule has 0 radical (unpaired) electrons. The van der Waals surface area contributed by atoms with Crippen molar-refractivity contribution in [1.82, 2.24) is 9.44 Å². The molecule has 1 aromatic carbocycles. The molecule has 0 unspecified atom stereocenters. The molecule has 0 saturated carbocycles. The summed E-state index contributed by atoms with van der Waals surface area (Å²) in [5.74, 6) is -0.667. The molecular formula is C11H14FN3O4S2. The molecule has 116 valence electrons. The topological polar surface area (TPSA) is 111 Å². The van der Waals surface area contributed by atoms with Crippen LogP contribution in [0.1, 0.15) is 18.1 Å². The molecule has 0 aliphatic carbocycles. The van der Waals surface area contributed by atoms with Crippen LogP contribution in [0.3, 0.4) is 0 Å². The van der Waals surface area contributed by atoms with E-state index in [1.807, 2.05) is 4.72 Å². The average Bonchev–Trinajstić information content (AvgIpc) is 2.36. The number of carbonyl (C=O) groups excluding carboxylic acids is 1. The molecule has 0 saturated heterocycles. The average molecular weight is 335 g/mol. The monoisotopic (exact) mass is 335 g/mol. The van der Waals surface area contributed by atoms with Gasteiger partial charge in [0.1, 0.15) is 10.8 Å². The summed E-state index contributed by atoms with van der Waals surface area (Å²) in [6.07, 6.45) is -1.12. The summed E-state index contributed by atoms with van der Waals surface area (Å²) in [7, 11) is -4.14. The molecule has 0 aromatic heterocycles. The summed E-state index contributed by atoms with van der Waals surface area (Å²) < 4.78 is 44.7. The van der Waals surface area contributed by atoms with E-state index in [1.165, 1.54) is 19.1 Å². The van der Waals surface area contributed by atoms with Crippen LogP contribution in [0.2, 0.25) is 0 Å². The van der Waals surface area contributed by atoms with Crippen molar-refractivity contribution in [2.45, 2.75) is 13.5 Å². The fourth-order valence-corrected chi connectivity index (χ4v) is 2.15. The summed E-state index contributed by atoms with van der Waals surface area (Å²) in [6, 6.07) is 3.91. The highest BCUT2D eigenvalue weighted by molar-refractivity contribution is 7.88. The third-order valence-electron chi connectivity index (χ3n) is 2.28. The van der Waals surface area contributed by atoms with Crippen LogP contribution in [0.25, 0.3) is 0 Å². The quantitative estimate of drug-likeness (QED) is 0.655. The number of nitrogens with two attached hydrogens (primary N) is 1. The maximum Gasteiger partial charge on any atom is 0.421 e. The normalized spacial score (nSPS) is 11.0. The minimum Gasteiger partial charge on any atom is -0.449 e. The standard InChI is InChI=1S/C11H14FN3O4S2/c1-2-19-11(16)15-21(17,18)14-6-8-4-3-7(10(13)20)5-9(8)12/h3-5,14H,2,6H2,1H3,(H2,13,20)(H,15,16). The first-order valence-electron chi connectivity index (χ1n) is 5.77. The number of benzene rings is 1. The van der Waals surface area contributed by atoms with E-state index in [2.05, 4.69) is 4.74 Å². The van der Waals surface area contributed by atoms with E-state index < -0.39 is 22.1 Å². The Balaban J connectivity index is 2.70. The number of nitrogens with one attached hydrogen (secondary N) is 2. The zero-order chi connectivity index (χ0) is 16.0. The zero-order valence-corrected chi connectivity index (χ0v) is 12.7. The smallest absolute Gasteiger partial charge is 0.421 e. The maximum absolute atomic E-state index is 13.7. The SMILES string of the molecule is CCOC(=O)NS(=O)(=O)NCc1ccc(C(N)=S)cc1F. The van der Waals surface area contributed by atoms with Crippen molar-refractivity contribution in [2.24, 2.45) is 5.73 Å². The van der Waals surface area contributed by atoms with Crippen molar-refractivity contribution in [3.05, 3.63) is 35.1 Å². The second kappa shape index (κ2) is 7.29. The Morgan fingerprint density at radius 3 is 2.67 bits per heavy atom. The largest absolute Gasteiger partial charge is 0.449 e. The summed E-state index contributed by atoms with van der Waals surface area (Å²) in [6.45, 7) is 1.20. The molecule has 1 amide bonds. The lowest BCUT2D eigenvalue weighted by Crippen LogP contribution is -2.40. The second-order valence-corrected chi connectivity index (χ2v) is 5.76. The molecule has 0 bridgehead atoms. The van der Waals surface area contributed by atoms with E-state index in [0.29, 0.717) is 5.56 Å². The summed E-state index contributed by atoms with van der Waals surface area (Å²) in [4.78, 5) is 11.0. The van der Waals surface area contributed by atoms with Crippen molar-refractivity contribution in [2.75, 3.05) is 6.61 Å². The van der Waals surface area contributed by atoms with Gasteiger partial charge in [-0.1, -0.05) is 24.4 Å². The first-order chi connectivity index (χ1) is 9.75. The fraction of sp³-hybridized carbons (Fsp3) is 0.273. The van der Waals surface area contributed by atoms with Crippen LogP contribution in [0.5, 0.6) is 0 Å². The van der Waals surface area contributed by atoms with Crippen LogP contribution in [0, 0.1) is 5.82 Å². The molecule has 0 aliphatic rings. The number of halogens is 1. The number of rotatable bonds is 6. The van der Waals surface area contributed by atoms with Crippen LogP contribution < -0.4 is 15.2 Å². The van der Waals surface area contributed by atoms with E-state index in [9.17, 15) is 17.6 Å². The lowest BCUT2D eigenvalue weighted by Gasteiger charge is -2.09. The Morgan fingerprint density at radius 1 is 1.48 bits per heavy atom. The Kier molecular flexibility index (Phi) is 6.00. The minimum absolute atomic E-state index is 0.0242. The van der Waals surface area contributed by atoms with Crippen LogP contribution >= 0.6 is 12.2 Å². The van der Waals surface area contributed by atoms with Crippen LogP contribution in [0.4, 0.5) is 9.18 Å². The molecule has 0 fully saturated rings. The first kappa shape index (κ1) is 17.3. The van der Waals surface area contributed by atoms with Crippen molar-refractivity contribution in [3.63, 3.8) is 0 Å². The number of hydrogen-bond acceptors (Lipinski definition) is 5. The van der Waals surface area contributed by atoms with Gasteiger partial charge < -0.3 is 10.5 Å². The van der Waals surface area contributed by atoms with Gasteiger partial charge in [-0.05, 0) is 13.0 Å². The number of thiocarbonyl (C=S) groups is 1. The summed E-state index contributed by atoms with van der Waals surface area (Å²) >= 11 is 4.70. The Labute approximate surface area is 126 Å². The molecule has 0 atom stereocenters. The molecule has 0 spiro atoms. The predicted molar refractivity (Wildman–Crippen MR) is 78.2 cm³/mol. The van der Waals surface area contributed by atoms with E-state index in [4.69, 9.17) is 18.0 Å². The second-order valence-electron chi connectivity index (χ2n) is 3.82. The van der Waals surface area contributed by atoms with Gasteiger partial charge in [0.05, 0.1) is 6.61 Å². The number of carbonyl (C=O) groups is 1. The number of amides is 1. The van der Waals surface area contributed by atoms with Gasteiger partial charge in [-0.3, -0.25) is 0 Å². The summed E-state index contributed by atoms with van der Waals surface area (Å²) in [5, 5.41) is 0. The lowest BCUT2D eigenvalue weighted by molar-refractivity contribution is 0.158. The zero-order valence-electron chi connectivity index (χ0n) is 11.1. The fourth-order valence-electron chi connectivity index (χ4n) is 1.32. The molecular weight excluding hydrogens is 321 g/mol. The molecule has 7 nitrogen and oxygen atoms in total. The highest BCUT2D eigenvalue weighted by Gasteiger charge is 2.15. The molecule has 1 aromatic rings. The lowest BCUT2D eigenvalue weighted by atomic mass is 10.1. The van der Waals surface area contributed by atoms with Crippen LogP contribution in [-0.2, 0) is 21.5 Å². The maximum atomic E-state index is 13.7. The Hall–Kier alpha value is -1.78. The Bertz CT molecular complexity index is 649. The van der Waals surface area contributed by atoms with Gasteiger partial charge in [-0.25, -0.2) is 13.9 Å². The molecule has 21 heavy (non-hydrogen) atoms. The molecule has 10 heteroatoms. The Morgan fingerprint density at radius 2 is 2.14 bits per heavy atom. The van der Waals surface area contributed by atoms with Crippen LogP contribution in [-0.4, -0.2) is 26.1 Å². The van der Waals surface area contributed by atoms with Gasteiger partial charge in [0.15, 0.2) is 0 Å². The summed E-state index contributed by atoms with van der Waals surface area (Å²) in [5.41, 5.74) is 5.76. The van der Waals surface area contributed by atoms with Gasteiger partial charge in [-0.15, -0.1) is 0 Å². The number of hydrogen-bond donors (Lipinski definition) is 3. The van der Waals surface area contributed by atoms with E-state index in [-0.39, 0.29) is 23.7 Å². The van der Waals surface area contributed by atoms with Crippen molar-refractivity contribution in [3.8, 4) is 0 Å². The number of ether oxygens (including phenoxy) is 1. The molecule has 0 aliphatic heterocycles. The van der Waals surface area contributed by atoms with Crippen molar-refractivity contribution >= 4 is 33.5 Å². The molecule has 0 heterocycles. The highest BCUT2D eigenvalue weighted by Crippen LogP contribution is 2.10. The van der Waals surface area contributed by atoms with E-state index in [1.54, 1.807) is 4.72 Å². The van der Waals surface area contributed by atoms with Crippen molar-refractivity contribution < 1.29 is 22.3 Å². The minimum atomic E-state index is -4.14. The van der Waals surface area contributed by atoms with Gasteiger partial charge in [-0.2, -0.15) is 13.1 Å². The highest BCUT2D eigenvalue weighted by atomic mass is 32.2. The van der Waals surface area contributed by atoms with Gasteiger partial charge in [0.25, 0.3) is 0 Å². The molecule has 1 rings (SSSR count).